The van der Waals surface area contributed by atoms with Crippen molar-refractivity contribution in [3.8, 4) is 0 Å². The maximum atomic E-state index is 12.6. The van der Waals surface area contributed by atoms with Gasteiger partial charge in [-0.15, -0.1) is 0 Å². The minimum Gasteiger partial charge on any atom is -0.298 e. The molecule has 0 heterocycles. The first-order valence-corrected chi connectivity index (χ1v) is 5.93. The smallest absolute Gasteiger partial charge is 0.298 e. The van der Waals surface area contributed by atoms with Gasteiger partial charge in [0.1, 0.15) is 5.78 Å². The number of hydrogen-bond acceptors (Lipinski definition) is 1. The molecule has 0 bridgehead atoms. The van der Waals surface area contributed by atoms with Crippen molar-refractivity contribution >= 4 is 21.7 Å². The largest absolute Gasteiger partial charge is 0.416 e. The Bertz CT molecular complexity index is 442. The van der Waals surface area contributed by atoms with Crippen LogP contribution in [0, 0.1) is 0 Å². The molecule has 1 nitrogen and oxygen atoms in total. The van der Waals surface area contributed by atoms with Crippen molar-refractivity contribution in [3.63, 3.8) is 0 Å². The molecule has 1 aromatic rings. The van der Waals surface area contributed by atoms with E-state index in [1.165, 1.54) is 0 Å². The highest BCUT2D eigenvalue weighted by Gasteiger charge is 2.31. The van der Waals surface area contributed by atoms with E-state index in [-0.39, 0.29) is 10.9 Å². The van der Waals surface area contributed by atoms with Gasteiger partial charge in [-0.3, -0.25) is 4.79 Å². The van der Waals surface area contributed by atoms with E-state index < -0.39 is 35.9 Å². The first kappa shape index (κ1) is 15.1. The fourth-order valence-electron chi connectivity index (χ4n) is 1.41. The molecule has 0 aliphatic rings. The minimum absolute atomic E-state index is 0.0913. The summed E-state index contributed by atoms with van der Waals surface area (Å²) in [5.41, 5.74) is -1.87. The summed E-state index contributed by atoms with van der Waals surface area (Å²) in [5.74, 6) is -0.462. The highest BCUT2D eigenvalue weighted by Crippen LogP contribution is 2.33. The van der Waals surface area contributed by atoms with Gasteiger partial charge in [-0.1, -0.05) is 22.0 Å². The van der Waals surface area contributed by atoms with Gasteiger partial charge in [0.05, 0.1) is 10.9 Å². The molecule has 0 fully saturated rings. The molecule has 0 aliphatic heterocycles. The predicted octanol–water partition coefficient (Wildman–Crippen LogP) is 4.15. The van der Waals surface area contributed by atoms with Crippen molar-refractivity contribution in [1.29, 1.82) is 0 Å². The van der Waals surface area contributed by atoms with Crippen LogP contribution in [0.2, 0.25) is 0 Å². The first-order valence-electron chi connectivity index (χ1n) is 4.81. The van der Waals surface area contributed by atoms with Crippen LogP contribution in [-0.2, 0) is 17.4 Å². The van der Waals surface area contributed by atoms with Gasteiger partial charge in [0.2, 0.25) is 0 Å². The average Bonchev–Trinajstić information content (AvgIpc) is 2.27. The maximum Gasteiger partial charge on any atom is 0.416 e. The SMILES string of the molecule is O=C(CBr)Cc1cc(C(F)(F)F)ccc1C(F)F. The Kier molecular flexibility index (Phi) is 4.84. The Morgan fingerprint density at radius 1 is 1.28 bits per heavy atom. The molecule has 0 atom stereocenters. The topological polar surface area (TPSA) is 17.1 Å². The van der Waals surface area contributed by atoms with Crippen LogP contribution in [0.3, 0.4) is 0 Å². The van der Waals surface area contributed by atoms with E-state index in [1.54, 1.807) is 0 Å². The summed E-state index contributed by atoms with van der Waals surface area (Å²) < 4.78 is 62.5. The van der Waals surface area contributed by atoms with Crippen molar-refractivity contribution in [3.05, 3.63) is 34.9 Å². The third-order valence-electron chi connectivity index (χ3n) is 2.24. The molecule has 18 heavy (non-hydrogen) atoms. The van der Waals surface area contributed by atoms with Crippen LogP contribution in [0.5, 0.6) is 0 Å². The summed E-state index contributed by atoms with van der Waals surface area (Å²) in [7, 11) is 0. The van der Waals surface area contributed by atoms with Gasteiger partial charge in [0.25, 0.3) is 6.43 Å². The number of halogens is 6. The first-order chi connectivity index (χ1) is 8.25. The van der Waals surface area contributed by atoms with E-state index in [0.717, 1.165) is 0 Å². The molecule has 1 aromatic carbocycles. The van der Waals surface area contributed by atoms with E-state index in [4.69, 9.17) is 0 Å². The van der Waals surface area contributed by atoms with Crippen molar-refractivity contribution in [2.75, 3.05) is 5.33 Å². The van der Waals surface area contributed by atoms with Gasteiger partial charge in [-0.2, -0.15) is 13.2 Å². The number of carbonyl (C=O) groups excluding carboxylic acids is 1. The third-order valence-corrected chi connectivity index (χ3v) is 2.87. The van der Waals surface area contributed by atoms with Gasteiger partial charge in [0, 0.05) is 12.0 Å². The lowest BCUT2D eigenvalue weighted by molar-refractivity contribution is -0.137. The molecule has 0 spiro atoms. The number of benzene rings is 1. The monoisotopic (exact) mass is 330 g/mol. The van der Waals surface area contributed by atoms with E-state index in [2.05, 4.69) is 15.9 Å². The van der Waals surface area contributed by atoms with Crippen LogP contribution in [-0.4, -0.2) is 11.1 Å². The number of ketones is 1. The Balaban J connectivity index is 3.20. The average molecular weight is 331 g/mol. The van der Waals surface area contributed by atoms with Gasteiger partial charge in [-0.05, 0) is 17.7 Å². The summed E-state index contributed by atoms with van der Waals surface area (Å²) in [6, 6.07) is 1.90. The molecule has 0 unspecified atom stereocenters. The zero-order valence-electron chi connectivity index (χ0n) is 8.90. The van der Waals surface area contributed by atoms with Crippen LogP contribution >= 0.6 is 15.9 Å². The molecule has 0 saturated heterocycles. The number of carbonyl (C=O) groups is 1. The van der Waals surface area contributed by atoms with Crippen molar-refractivity contribution in [1.82, 2.24) is 0 Å². The molecule has 0 amide bonds. The third kappa shape index (κ3) is 3.76. The Morgan fingerprint density at radius 2 is 1.89 bits per heavy atom. The van der Waals surface area contributed by atoms with Crippen molar-refractivity contribution in [2.24, 2.45) is 0 Å². The fourth-order valence-corrected chi connectivity index (χ4v) is 1.61. The van der Waals surface area contributed by atoms with Crippen molar-refractivity contribution < 1.29 is 26.7 Å². The Labute approximate surface area is 108 Å². The van der Waals surface area contributed by atoms with Crippen LogP contribution in [0.25, 0.3) is 0 Å². The molecule has 1 rings (SSSR count). The molecule has 0 aliphatic carbocycles. The lowest BCUT2D eigenvalue weighted by Gasteiger charge is -2.12. The fraction of sp³-hybridized carbons (Fsp3) is 0.364. The molecule has 0 aromatic heterocycles. The highest BCUT2D eigenvalue weighted by atomic mass is 79.9. The van der Waals surface area contributed by atoms with Crippen molar-refractivity contribution in [2.45, 2.75) is 19.0 Å². The predicted molar refractivity (Wildman–Crippen MR) is 58.9 cm³/mol. The van der Waals surface area contributed by atoms with Gasteiger partial charge in [0.15, 0.2) is 0 Å². The quantitative estimate of drug-likeness (QED) is 0.598. The van der Waals surface area contributed by atoms with E-state index in [1.807, 2.05) is 0 Å². The van der Waals surface area contributed by atoms with Crippen LogP contribution in [0.15, 0.2) is 18.2 Å². The molecule has 100 valence electrons. The van der Waals surface area contributed by atoms with E-state index in [0.29, 0.717) is 18.2 Å². The van der Waals surface area contributed by atoms with Crippen LogP contribution in [0.4, 0.5) is 22.0 Å². The zero-order chi connectivity index (χ0) is 13.9. The minimum atomic E-state index is -4.62. The van der Waals surface area contributed by atoms with Gasteiger partial charge in [-0.25, -0.2) is 8.78 Å². The van der Waals surface area contributed by atoms with Gasteiger partial charge < -0.3 is 0 Å². The highest BCUT2D eigenvalue weighted by molar-refractivity contribution is 9.09. The number of alkyl halides is 6. The molecule has 0 N–H and O–H groups in total. The summed E-state index contributed by atoms with van der Waals surface area (Å²) in [4.78, 5) is 11.1. The van der Waals surface area contributed by atoms with E-state index in [9.17, 15) is 26.7 Å². The second kappa shape index (κ2) is 5.77. The molecular weight excluding hydrogens is 323 g/mol. The number of Topliss-reactive ketones (excluding diaryl/α,β-unsaturated/α-hetero) is 1. The lowest BCUT2D eigenvalue weighted by atomic mass is 9.99. The zero-order valence-corrected chi connectivity index (χ0v) is 10.5. The van der Waals surface area contributed by atoms with E-state index >= 15 is 0 Å². The Hall–Kier alpha value is -0.980. The summed E-state index contributed by atoms with van der Waals surface area (Å²) in [6.45, 7) is 0. The molecule has 0 radical (unpaired) electrons. The summed E-state index contributed by atoms with van der Waals surface area (Å²) in [5, 5.41) is -0.0913. The normalized spacial score (nSPS) is 11.9. The standard InChI is InChI=1S/C11H8BrF5O/c12-5-8(18)4-6-3-7(11(15,16)17)1-2-9(6)10(13)14/h1-3,10H,4-5H2. The number of hydrogen-bond donors (Lipinski definition) is 0. The van der Waals surface area contributed by atoms with Crippen LogP contribution < -0.4 is 0 Å². The Morgan fingerprint density at radius 3 is 2.33 bits per heavy atom. The summed E-state index contributed by atoms with van der Waals surface area (Å²) >= 11 is 2.83. The number of rotatable bonds is 4. The van der Waals surface area contributed by atoms with Gasteiger partial charge >= 0.3 is 6.18 Å². The lowest BCUT2D eigenvalue weighted by Crippen LogP contribution is -2.10. The van der Waals surface area contributed by atoms with Crippen LogP contribution in [0.1, 0.15) is 23.1 Å². The summed E-state index contributed by atoms with van der Waals surface area (Å²) in [6.07, 6.45) is -7.98. The second-order valence-electron chi connectivity index (χ2n) is 3.56. The maximum absolute atomic E-state index is 12.6. The second-order valence-corrected chi connectivity index (χ2v) is 4.12. The molecular formula is C11H8BrF5O. The molecule has 0 saturated carbocycles. The molecule has 7 heteroatoms.